The molecule has 4 N–H and O–H groups in total. The second-order valence-electron chi connectivity index (χ2n) is 7.36. The van der Waals surface area contributed by atoms with Crippen molar-refractivity contribution in [1.29, 1.82) is 0 Å². The van der Waals surface area contributed by atoms with E-state index in [0.717, 1.165) is 5.69 Å². The van der Waals surface area contributed by atoms with E-state index in [2.05, 4.69) is 19.9 Å². The molecule has 176 valence electrons. The summed E-state index contributed by atoms with van der Waals surface area (Å²) in [7, 11) is -4.38. The van der Waals surface area contributed by atoms with Crippen molar-refractivity contribution >= 4 is 31.6 Å². The molecule has 1 amide bonds. The van der Waals surface area contributed by atoms with Crippen LogP contribution >= 0.6 is 8.17 Å². The lowest BCUT2D eigenvalue weighted by atomic mass is 10.1. The zero-order chi connectivity index (χ0) is 23.3. The normalized spacial score (nSPS) is 18.8. The molecule has 3 heterocycles. The van der Waals surface area contributed by atoms with Gasteiger partial charge in [0, 0.05) is 0 Å². The molecular formula is C18H26N4O9P+. The molecule has 2 aromatic rings. The monoisotopic (exact) mass is 473 g/mol. The first-order valence-corrected chi connectivity index (χ1v) is 11.5. The van der Waals surface area contributed by atoms with Crippen LogP contribution in [0.25, 0.3) is 5.52 Å². The van der Waals surface area contributed by atoms with Crippen molar-refractivity contribution in [2.75, 3.05) is 18.5 Å². The highest BCUT2D eigenvalue weighted by Gasteiger charge is 2.33. The van der Waals surface area contributed by atoms with E-state index >= 15 is 0 Å². The van der Waals surface area contributed by atoms with Crippen molar-refractivity contribution in [2.45, 2.75) is 51.4 Å². The Balaban J connectivity index is 1.59. The molecule has 0 saturated carbocycles. The van der Waals surface area contributed by atoms with Crippen molar-refractivity contribution < 1.29 is 43.0 Å². The summed E-state index contributed by atoms with van der Waals surface area (Å²) in [5.41, 5.74) is 1.29. The molecule has 0 aromatic carbocycles. The van der Waals surface area contributed by atoms with Gasteiger partial charge in [0.1, 0.15) is 31.2 Å². The lowest BCUT2D eigenvalue weighted by Crippen LogP contribution is -2.21. The second kappa shape index (κ2) is 10.5. The number of amides is 1. The van der Waals surface area contributed by atoms with Crippen LogP contribution in [0, 0.1) is 0 Å². The highest BCUT2D eigenvalue weighted by Crippen LogP contribution is 2.45. The lowest BCUT2D eigenvalue weighted by molar-refractivity contribution is -0.116. The zero-order valence-corrected chi connectivity index (χ0v) is 18.5. The number of aromatic nitrogens is 3. The average molecular weight is 473 g/mol. The van der Waals surface area contributed by atoms with Crippen molar-refractivity contribution in [1.82, 2.24) is 14.6 Å². The molecule has 1 fully saturated rings. The number of nitrogens with zero attached hydrogens (tertiary/aromatic N) is 3. The number of hydrogen-bond acceptors (Lipinski definition) is 11. The maximum atomic E-state index is 12.1. The minimum absolute atomic E-state index is 0.0861. The average Bonchev–Trinajstić information content (AvgIpc) is 3.32. The fraction of sp³-hybridized carbons (Fsp3) is 0.556. The van der Waals surface area contributed by atoms with E-state index in [0.29, 0.717) is 18.4 Å². The van der Waals surface area contributed by atoms with E-state index < -0.39 is 20.2 Å². The van der Waals surface area contributed by atoms with Gasteiger partial charge in [-0.05, 0) is 38.8 Å². The smallest absolute Gasteiger partial charge is 0.432 e. The molecule has 32 heavy (non-hydrogen) atoms. The topological polar surface area (TPSA) is 174 Å². The van der Waals surface area contributed by atoms with Crippen LogP contribution in [-0.4, -0.2) is 66.8 Å². The lowest BCUT2D eigenvalue weighted by Gasteiger charge is -2.15. The van der Waals surface area contributed by atoms with Crippen LogP contribution in [0.3, 0.4) is 0 Å². The van der Waals surface area contributed by atoms with E-state index in [-0.39, 0.29) is 43.8 Å². The summed E-state index contributed by atoms with van der Waals surface area (Å²) in [5, 5.41) is 6.83. The first-order chi connectivity index (χ1) is 15.1. The van der Waals surface area contributed by atoms with Gasteiger partial charge in [-0.2, -0.15) is 24.3 Å². The van der Waals surface area contributed by atoms with Crippen LogP contribution < -0.4 is 5.32 Å². The minimum atomic E-state index is -4.38. The Morgan fingerprint density at radius 2 is 2.09 bits per heavy atom. The van der Waals surface area contributed by atoms with Gasteiger partial charge in [-0.25, -0.2) is 14.3 Å². The van der Waals surface area contributed by atoms with Gasteiger partial charge < -0.3 is 19.5 Å². The van der Waals surface area contributed by atoms with E-state index in [1.165, 1.54) is 6.33 Å². The van der Waals surface area contributed by atoms with Crippen LogP contribution in [0.2, 0.25) is 0 Å². The van der Waals surface area contributed by atoms with Crippen molar-refractivity contribution in [3.05, 3.63) is 24.2 Å². The summed E-state index contributed by atoms with van der Waals surface area (Å²) in [6, 6.07) is 3.55. The van der Waals surface area contributed by atoms with Crippen LogP contribution in [-0.2, 0) is 23.5 Å². The molecule has 14 heteroatoms. The number of rotatable bonds is 9. The zero-order valence-electron chi connectivity index (χ0n) is 17.6. The molecular weight excluding hydrogens is 447 g/mol. The largest absolute Gasteiger partial charge is 0.567 e. The van der Waals surface area contributed by atoms with Crippen molar-refractivity contribution in [2.24, 2.45) is 0 Å². The summed E-state index contributed by atoms with van der Waals surface area (Å²) in [6.07, 6.45) is 0.890. The number of carbonyl (C=O) groups excluding carboxylic acids is 2. The summed E-state index contributed by atoms with van der Waals surface area (Å²) in [5.74, 6) is -0.243. The van der Waals surface area contributed by atoms with Crippen LogP contribution in [0.15, 0.2) is 18.5 Å². The van der Waals surface area contributed by atoms with Gasteiger partial charge in [0.15, 0.2) is 5.82 Å². The fourth-order valence-electron chi connectivity index (χ4n) is 3.18. The van der Waals surface area contributed by atoms with Gasteiger partial charge in [0.25, 0.3) is 0 Å². The number of nitrogens with one attached hydrogen (secondary N) is 1. The third-order valence-electron chi connectivity index (χ3n) is 4.49. The summed E-state index contributed by atoms with van der Waals surface area (Å²) >= 11 is 0. The standard InChI is InChI=1S/C18H25N4O9P/c1-11(2)30-18(24)28-9-12-3-6-15(31-12)13-4-5-14-17(19-10-20-22(13)14)21-16(23)7-8-29-32(25,26)27/h4-5,10-12,15,25-27H,3,6-9H2,1-2H3/p+1. The highest BCUT2D eigenvalue weighted by atomic mass is 31.2. The first kappa shape index (κ1) is 24.2. The van der Waals surface area contributed by atoms with Crippen LogP contribution in [0.5, 0.6) is 0 Å². The summed E-state index contributed by atoms with van der Waals surface area (Å²) < 4.78 is 22.0. The molecule has 1 aliphatic rings. The summed E-state index contributed by atoms with van der Waals surface area (Å²) in [6.45, 7) is 3.18. The predicted molar refractivity (Wildman–Crippen MR) is 110 cm³/mol. The maximum absolute atomic E-state index is 12.1. The molecule has 0 radical (unpaired) electrons. The van der Waals surface area contributed by atoms with Gasteiger partial charge in [0.2, 0.25) is 5.91 Å². The Hall–Kier alpha value is -2.41. The molecule has 3 rings (SSSR count). The molecule has 2 atom stereocenters. The fourth-order valence-corrected chi connectivity index (χ4v) is 3.52. The van der Waals surface area contributed by atoms with Gasteiger partial charge in [0.05, 0.1) is 24.3 Å². The Kier molecular flexibility index (Phi) is 7.93. The van der Waals surface area contributed by atoms with Crippen molar-refractivity contribution in [3.63, 3.8) is 0 Å². The predicted octanol–water partition coefficient (Wildman–Crippen LogP) is 1.51. The SMILES string of the molecule is CC(C)OC(=O)OCC1CCC(c2ccc3c(NC(=O)CCO[P+](O)(O)O)ncnn23)O1. The molecule has 2 aromatic heterocycles. The Morgan fingerprint density at radius 1 is 1.31 bits per heavy atom. The third-order valence-corrected chi connectivity index (χ3v) is 5.02. The first-order valence-electron chi connectivity index (χ1n) is 9.95. The molecule has 2 unspecified atom stereocenters. The number of fused-ring (bicyclic) bond motifs is 1. The number of carbonyl (C=O) groups is 2. The molecule has 0 spiro atoms. The highest BCUT2D eigenvalue weighted by molar-refractivity contribution is 7.53. The number of hydrogen-bond donors (Lipinski definition) is 4. The summed E-state index contributed by atoms with van der Waals surface area (Å²) in [4.78, 5) is 54.0. The van der Waals surface area contributed by atoms with E-state index in [4.69, 9.17) is 28.9 Å². The Morgan fingerprint density at radius 3 is 2.81 bits per heavy atom. The molecule has 0 bridgehead atoms. The Labute approximate surface area is 183 Å². The number of ether oxygens (including phenoxy) is 3. The van der Waals surface area contributed by atoms with E-state index in [9.17, 15) is 9.59 Å². The minimum Gasteiger partial charge on any atom is -0.432 e. The van der Waals surface area contributed by atoms with Gasteiger partial charge in [-0.1, -0.05) is 0 Å². The van der Waals surface area contributed by atoms with Gasteiger partial charge >= 0.3 is 14.3 Å². The Bertz CT molecular complexity index is 946. The molecule has 1 aliphatic heterocycles. The molecule has 13 nitrogen and oxygen atoms in total. The third kappa shape index (κ3) is 6.79. The van der Waals surface area contributed by atoms with E-state index in [1.54, 1.807) is 24.4 Å². The van der Waals surface area contributed by atoms with Crippen molar-refractivity contribution in [3.8, 4) is 0 Å². The van der Waals surface area contributed by atoms with Gasteiger partial charge in [-0.15, -0.1) is 0 Å². The van der Waals surface area contributed by atoms with Gasteiger partial charge in [-0.3, -0.25) is 4.79 Å². The van der Waals surface area contributed by atoms with Crippen LogP contribution in [0.1, 0.15) is 44.9 Å². The maximum Gasteiger partial charge on any atom is 0.567 e. The number of anilines is 1. The quantitative estimate of drug-likeness (QED) is 0.307. The molecule has 0 aliphatic carbocycles. The molecule has 1 saturated heterocycles. The van der Waals surface area contributed by atoms with Crippen LogP contribution in [0.4, 0.5) is 10.6 Å². The second-order valence-corrected chi connectivity index (χ2v) is 8.65. The van der Waals surface area contributed by atoms with E-state index in [1.807, 2.05) is 6.07 Å².